The highest BCUT2D eigenvalue weighted by atomic mass is 33.1. The molecule has 7 rings (SSSR count). The van der Waals surface area contributed by atoms with Gasteiger partial charge in [-0.1, -0.05) is 82.3 Å². The molecule has 24 N–H and O–H groups in total. The van der Waals surface area contributed by atoms with E-state index in [2.05, 4.69) is 84.7 Å². The third kappa shape index (κ3) is 25.3. The van der Waals surface area contributed by atoms with Crippen LogP contribution in [0.2, 0.25) is 0 Å². The normalized spacial score (nSPS) is 25.0. The Morgan fingerprint density at radius 1 is 0.630 bits per heavy atom. The molecule has 100 heavy (non-hydrogen) atoms. The van der Waals surface area contributed by atoms with E-state index in [1.807, 2.05) is 0 Å². The van der Waals surface area contributed by atoms with Crippen molar-refractivity contribution in [3.8, 4) is 5.75 Å². The fraction of sp³-hybridized carbons (Fsp3) is 0.545. The predicted molar refractivity (Wildman–Crippen MR) is 377 cm³/mol. The maximum atomic E-state index is 15.2. The molecule has 0 aliphatic carbocycles. The Labute approximate surface area is 588 Å². The lowest BCUT2D eigenvalue weighted by Gasteiger charge is -2.39. The van der Waals surface area contributed by atoms with Crippen LogP contribution < -0.4 is 91.2 Å². The third-order valence-electron chi connectivity index (χ3n) is 17.1. The number of nitrogens with one attached hydrogen (secondary N) is 16. The van der Waals surface area contributed by atoms with Crippen molar-refractivity contribution < 1.29 is 68.4 Å². The van der Waals surface area contributed by atoms with E-state index in [1.165, 1.54) is 31.2 Å². The number of carboxylic acids is 1. The number of phenols is 1. The summed E-state index contributed by atoms with van der Waals surface area (Å²) in [6.45, 7) is 7.62. The number of benzene rings is 3. The van der Waals surface area contributed by atoms with Gasteiger partial charge in [-0.25, -0.2) is 4.79 Å². The number of carbonyl (C=O) groups excluding carboxylic acids is 9. The first-order valence-electron chi connectivity index (χ1n) is 33.7. The monoisotopic (exact) mass is 1430 g/mol. The summed E-state index contributed by atoms with van der Waals surface area (Å²) in [7, 11) is 1.75. The van der Waals surface area contributed by atoms with Crippen LogP contribution in [0.3, 0.4) is 0 Å². The summed E-state index contributed by atoms with van der Waals surface area (Å²) < 4.78 is 0. The number of aromatic hydroxyl groups is 1. The number of aromatic nitrogens is 1. The summed E-state index contributed by atoms with van der Waals surface area (Å²) in [5, 5.41) is 87.2. The van der Waals surface area contributed by atoms with Crippen molar-refractivity contribution in [2.75, 3.05) is 83.5 Å². The Bertz CT molecular complexity index is 3360. The van der Waals surface area contributed by atoms with E-state index in [9.17, 15) is 54.0 Å². The number of aliphatic hydroxyl groups excluding tert-OH is 2. The minimum absolute atomic E-state index is 0.0608. The molecule has 3 aliphatic rings. The molecule has 0 spiro atoms. The average molecular weight is 1430 g/mol. The van der Waals surface area contributed by atoms with Crippen LogP contribution in [0.25, 0.3) is 10.9 Å². The van der Waals surface area contributed by atoms with E-state index < -0.39 is 131 Å². The summed E-state index contributed by atoms with van der Waals surface area (Å²) in [4.78, 5) is 147. The van der Waals surface area contributed by atoms with Gasteiger partial charge in [0.1, 0.15) is 53.7 Å². The van der Waals surface area contributed by atoms with E-state index in [4.69, 9.17) is 11.5 Å². The van der Waals surface area contributed by atoms with Crippen LogP contribution in [-0.4, -0.2) is 240 Å². The standard InChI is InChI=1S/C66H98N18O14S2/c1-39(85)55-63(96)81-52(62(95)83-56(40(2)86)64(97)98)34-100-99-33-51(61(94)78-49(30-42-18-20-44(87)21-19-42)59(92)79-50(31-43-32-73-46-14-7-6-13-45(43)46)60(93)77-47(57(90)82-55)15-8-9-22-67)80-58(91)48(29-41-11-4-3-5-12-41)76-53(88)16-10-17-54(89)84-66-37-71-25-23-69-35-65(68,74-27-28-75-66)36-70-24-26-72-38-66/h3-7,11-14,18-21,32,39-40,47-52,55-56,69-75,85-87H,8-10,15-17,22-31,33-38,67-68H2,1-2H3,(H,76,88)(H,77,93)(H,78,94)(H,79,92)(H,80,91)(H,81,96)(H,82,90)(H,83,95)(H,84,89)(H,97,98)/t39?,40?,47?,48?,49?,50-,51+,52+,55?,56?,65-,66-/m1/s1. The number of rotatable bonds is 23. The van der Waals surface area contributed by atoms with Gasteiger partial charge in [0.2, 0.25) is 53.2 Å². The smallest absolute Gasteiger partial charge is 0.328 e. The number of aromatic amines is 1. The fourth-order valence-electron chi connectivity index (χ4n) is 11.6. The number of unbranched alkanes of at least 4 members (excludes halogenated alkanes) is 1. The van der Waals surface area contributed by atoms with E-state index >= 15 is 14.4 Å². The SMILES string of the molecule is CC(O)C(NC(=O)[C@@H]1CSSC[C@H](NC(=O)C(Cc2ccccc2)NC(=O)CCCC(=O)N[C@]23CNCCNC[C@](N)(CNCCNC2)NCCN3)C(=O)NC(Cc2ccc(O)cc2)C(=O)N[C@H](Cc2c[nH]c3ccccc23)C(=O)NC(CCCCN)C(=O)NC(C(C)O)C(=O)N1)C(=O)O. The quantitative estimate of drug-likeness (QED) is 0.0245. The van der Waals surface area contributed by atoms with Gasteiger partial charge in [-0.2, -0.15) is 0 Å². The van der Waals surface area contributed by atoms with Gasteiger partial charge in [0, 0.05) is 126 Å². The maximum absolute atomic E-state index is 15.2. The molecule has 3 aliphatic heterocycles. The van der Waals surface area contributed by atoms with E-state index in [0.29, 0.717) is 99.5 Å². The molecule has 0 saturated carbocycles. The van der Waals surface area contributed by atoms with Crippen LogP contribution in [0.1, 0.15) is 69.1 Å². The van der Waals surface area contributed by atoms with Crippen molar-refractivity contribution in [2.24, 2.45) is 11.5 Å². The van der Waals surface area contributed by atoms with Crippen LogP contribution in [0, 0.1) is 0 Å². The molecule has 7 unspecified atom stereocenters. The van der Waals surface area contributed by atoms with E-state index in [1.54, 1.807) is 60.8 Å². The van der Waals surface area contributed by atoms with Gasteiger partial charge in [0.15, 0.2) is 6.04 Å². The second kappa shape index (κ2) is 39.9. The van der Waals surface area contributed by atoms with Gasteiger partial charge >= 0.3 is 5.97 Å². The largest absolute Gasteiger partial charge is 0.508 e. The molecular weight excluding hydrogens is 1330 g/mol. The highest BCUT2D eigenvalue weighted by Gasteiger charge is 2.39. The number of aliphatic carboxylic acids is 1. The Hall–Kier alpha value is -8.00. The molecule has 548 valence electrons. The molecule has 2 bridgehead atoms. The second-order valence-electron chi connectivity index (χ2n) is 25.4. The average Bonchev–Trinajstić information content (AvgIpc) is 1.63. The molecule has 0 radical (unpaired) electrons. The molecule has 10 atom stereocenters. The minimum Gasteiger partial charge on any atom is -0.508 e. The van der Waals surface area contributed by atoms with Crippen molar-refractivity contribution in [3.63, 3.8) is 0 Å². The number of phenolic OH excluding ortho intramolecular Hbond substituents is 1. The summed E-state index contributed by atoms with van der Waals surface area (Å²) in [6, 6.07) is 8.82. The lowest BCUT2D eigenvalue weighted by molar-refractivity contribution is -0.145. The minimum atomic E-state index is -1.88. The van der Waals surface area contributed by atoms with Gasteiger partial charge in [-0.05, 0) is 81.0 Å². The molecule has 4 aromatic rings. The third-order valence-corrected chi connectivity index (χ3v) is 19.5. The lowest BCUT2D eigenvalue weighted by atomic mass is 10.0. The zero-order valence-corrected chi connectivity index (χ0v) is 57.9. The topological polar surface area (TPSA) is 500 Å². The van der Waals surface area contributed by atoms with Crippen LogP contribution in [-0.2, 0) is 67.2 Å². The van der Waals surface area contributed by atoms with E-state index in [0.717, 1.165) is 28.5 Å². The first-order chi connectivity index (χ1) is 47.9. The molecule has 32 nitrogen and oxygen atoms in total. The predicted octanol–water partition coefficient (Wildman–Crippen LogP) is -4.65. The Morgan fingerprint density at radius 3 is 1.89 bits per heavy atom. The number of fused-ring (bicyclic) bond motifs is 6. The zero-order valence-electron chi connectivity index (χ0n) is 56.3. The number of H-pyrrole nitrogens is 1. The number of aliphatic hydroxyl groups is 2. The van der Waals surface area contributed by atoms with Gasteiger partial charge in [-0.15, -0.1) is 0 Å². The van der Waals surface area contributed by atoms with Crippen molar-refractivity contribution >= 4 is 91.6 Å². The molecule has 3 aromatic carbocycles. The number of amides is 9. The Morgan fingerprint density at radius 2 is 1.23 bits per heavy atom. The van der Waals surface area contributed by atoms with Crippen LogP contribution in [0.15, 0.2) is 85.1 Å². The number of carbonyl (C=O) groups is 10. The first-order valence-corrected chi connectivity index (χ1v) is 36.2. The summed E-state index contributed by atoms with van der Waals surface area (Å²) in [6.07, 6.45) is -1.81. The Kier molecular flexibility index (Phi) is 31.6. The molecule has 3 saturated heterocycles. The van der Waals surface area contributed by atoms with Crippen molar-refractivity contribution in [3.05, 3.63) is 102 Å². The zero-order chi connectivity index (χ0) is 72.2. The van der Waals surface area contributed by atoms with Crippen LogP contribution in [0.5, 0.6) is 5.75 Å². The summed E-state index contributed by atoms with van der Waals surface area (Å²) >= 11 is 0. The molecule has 9 amide bonds. The van der Waals surface area contributed by atoms with Crippen molar-refractivity contribution in [1.29, 1.82) is 0 Å². The highest BCUT2D eigenvalue weighted by Crippen LogP contribution is 2.25. The van der Waals surface area contributed by atoms with Gasteiger partial charge < -0.3 is 106 Å². The molecule has 1 aromatic heterocycles. The number of para-hydroxylation sites is 1. The lowest BCUT2D eigenvalue weighted by Crippen LogP contribution is -2.72. The van der Waals surface area contributed by atoms with Crippen molar-refractivity contribution in [1.82, 2.24) is 84.7 Å². The van der Waals surface area contributed by atoms with Gasteiger partial charge in [-0.3, -0.25) is 53.8 Å². The number of carboxylic acid groups (broad SMARTS) is 1. The van der Waals surface area contributed by atoms with Gasteiger partial charge in [0.25, 0.3) is 0 Å². The molecule has 3 fully saturated rings. The summed E-state index contributed by atoms with van der Waals surface area (Å²) in [5.41, 5.74) is 13.2. The fourth-order valence-corrected chi connectivity index (χ4v) is 13.9. The highest BCUT2D eigenvalue weighted by molar-refractivity contribution is 8.76. The van der Waals surface area contributed by atoms with Gasteiger partial charge in [0.05, 0.1) is 17.9 Å². The van der Waals surface area contributed by atoms with Crippen LogP contribution in [0.4, 0.5) is 0 Å². The Balaban J connectivity index is 1.20. The van der Waals surface area contributed by atoms with E-state index in [-0.39, 0.29) is 75.3 Å². The number of hydrogen-bond donors (Lipinski definition) is 22. The molecule has 34 heteroatoms. The maximum Gasteiger partial charge on any atom is 0.328 e. The molecule has 4 heterocycles. The number of hydrogen-bond acceptors (Lipinski definition) is 23. The second-order valence-corrected chi connectivity index (χ2v) is 27.9. The van der Waals surface area contributed by atoms with Crippen molar-refractivity contribution in [2.45, 2.75) is 144 Å². The van der Waals surface area contributed by atoms with Crippen LogP contribution >= 0.6 is 21.6 Å². The first kappa shape index (κ1) is 79.3. The summed E-state index contributed by atoms with van der Waals surface area (Å²) in [5.74, 6) is -10.3. The number of nitrogens with two attached hydrogens (primary N) is 2. The molecular formula is C66H98N18O14S2.